The van der Waals surface area contributed by atoms with Gasteiger partial charge in [-0.15, -0.1) is 0 Å². The third kappa shape index (κ3) is 4.36. The maximum atomic E-state index is 13.5. The normalized spacial score (nSPS) is 27.1. The van der Waals surface area contributed by atoms with Gasteiger partial charge in [-0.3, -0.25) is 9.59 Å². The lowest BCUT2D eigenvalue weighted by Crippen LogP contribution is -2.62. The van der Waals surface area contributed by atoms with Crippen LogP contribution in [0.4, 0.5) is 11.4 Å². The fourth-order valence-electron chi connectivity index (χ4n) is 5.92. The van der Waals surface area contributed by atoms with E-state index in [4.69, 9.17) is 5.73 Å². The molecule has 1 aliphatic carbocycles. The number of rotatable bonds is 4. The Balaban J connectivity index is 1.36. The number of hydrogen-bond donors (Lipinski definition) is 3. The van der Waals surface area contributed by atoms with Crippen LogP contribution in [0.5, 0.6) is 0 Å². The quantitative estimate of drug-likeness (QED) is 0.614. The summed E-state index contributed by atoms with van der Waals surface area (Å²) in [6.45, 7) is 5.66. The molecular formula is C27H34N4O4. The number of aryl methyl sites for hydroxylation is 1. The highest BCUT2D eigenvalue weighted by molar-refractivity contribution is 6.01. The number of aliphatic hydroxyl groups is 2. The number of primary amides is 1. The van der Waals surface area contributed by atoms with E-state index in [2.05, 4.69) is 41.0 Å². The van der Waals surface area contributed by atoms with Crippen molar-refractivity contribution in [2.75, 3.05) is 36.0 Å². The van der Waals surface area contributed by atoms with Crippen molar-refractivity contribution in [1.29, 1.82) is 0 Å². The highest BCUT2D eigenvalue weighted by Gasteiger charge is 2.45. The number of benzene rings is 2. The Morgan fingerprint density at radius 2 is 1.71 bits per heavy atom. The second-order valence-corrected chi connectivity index (χ2v) is 9.99. The molecule has 2 fully saturated rings. The molecule has 4 N–H and O–H groups in total. The summed E-state index contributed by atoms with van der Waals surface area (Å²) >= 11 is 0. The smallest absolute Gasteiger partial charge is 0.255 e. The zero-order valence-electron chi connectivity index (χ0n) is 20.1. The molecule has 5 rings (SSSR count). The van der Waals surface area contributed by atoms with Gasteiger partial charge in [-0.2, -0.15) is 0 Å². The lowest BCUT2D eigenvalue weighted by Gasteiger charge is -2.45. The van der Waals surface area contributed by atoms with Crippen molar-refractivity contribution in [2.45, 2.75) is 56.9 Å². The Kier molecular flexibility index (Phi) is 6.42. The van der Waals surface area contributed by atoms with Gasteiger partial charge in [0.15, 0.2) is 0 Å². The Morgan fingerprint density at radius 3 is 2.43 bits per heavy atom. The van der Waals surface area contributed by atoms with E-state index >= 15 is 0 Å². The minimum absolute atomic E-state index is 0.302. The first-order valence-corrected chi connectivity index (χ1v) is 12.5. The Morgan fingerprint density at radius 1 is 1.00 bits per heavy atom. The van der Waals surface area contributed by atoms with Crippen molar-refractivity contribution in [3.63, 3.8) is 0 Å². The van der Waals surface area contributed by atoms with Gasteiger partial charge < -0.3 is 30.6 Å². The first-order valence-electron chi connectivity index (χ1n) is 12.5. The number of para-hydroxylation sites is 1. The lowest BCUT2D eigenvalue weighted by molar-refractivity contribution is -0.126. The molecule has 3 aliphatic rings. The van der Waals surface area contributed by atoms with Gasteiger partial charge in [-0.1, -0.05) is 18.2 Å². The van der Waals surface area contributed by atoms with Crippen LogP contribution in [-0.4, -0.2) is 77.4 Å². The zero-order chi connectivity index (χ0) is 24.7. The van der Waals surface area contributed by atoms with Crippen molar-refractivity contribution >= 4 is 23.2 Å². The Labute approximate surface area is 205 Å². The summed E-state index contributed by atoms with van der Waals surface area (Å²) in [6, 6.07) is 12.8. The second kappa shape index (κ2) is 9.51. The van der Waals surface area contributed by atoms with Crippen LogP contribution in [0.1, 0.15) is 40.7 Å². The van der Waals surface area contributed by atoms with Gasteiger partial charge in [0.25, 0.3) is 5.91 Å². The Hall–Kier alpha value is -3.10. The molecule has 0 aromatic heterocycles. The highest BCUT2D eigenvalue weighted by atomic mass is 16.3. The van der Waals surface area contributed by atoms with Gasteiger partial charge in [0, 0.05) is 49.5 Å². The number of fused-ring (bicyclic) bond motifs is 1. The molecular weight excluding hydrogens is 444 g/mol. The minimum atomic E-state index is -1.08. The van der Waals surface area contributed by atoms with Crippen LogP contribution in [0, 0.1) is 6.92 Å². The third-order valence-corrected chi connectivity index (χ3v) is 7.88. The molecule has 2 heterocycles. The van der Waals surface area contributed by atoms with Gasteiger partial charge in [0.2, 0.25) is 5.91 Å². The lowest BCUT2D eigenvalue weighted by atomic mass is 9.84. The molecule has 8 heteroatoms. The van der Waals surface area contributed by atoms with E-state index in [0.717, 1.165) is 37.4 Å². The number of piperazine rings is 1. The standard InChI is InChI=1S/C27H34N4O4/c1-17-5-2-3-6-21(17)30-13-11-29(12-14-30)19-9-10-20-18(15-19)16-23(26(28)34)31(27(20)35)22-7-4-8-24(32)25(22)33/h2-3,5-6,9-10,15,22-25,32-33H,4,7-8,11-14,16H2,1H3,(H2,28,34)/t22-,23?,24-,25+/m0/s1. The predicted molar refractivity (Wildman–Crippen MR) is 135 cm³/mol. The largest absolute Gasteiger partial charge is 0.390 e. The third-order valence-electron chi connectivity index (χ3n) is 7.88. The molecule has 186 valence electrons. The van der Waals surface area contributed by atoms with E-state index in [1.807, 2.05) is 18.2 Å². The van der Waals surface area contributed by atoms with Crippen molar-refractivity contribution < 1.29 is 19.8 Å². The maximum absolute atomic E-state index is 13.5. The molecule has 35 heavy (non-hydrogen) atoms. The van der Waals surface area contributed by atoms with E-state index in [9.17, 15) is 19.8 Å². The van der Waals surface area contributed by atoms with Crippen LogP contribution < -0.4 is 15.5 Å². The molecule has 0 bridgehead atoms. The number of hydrogen-bond acceptors (Lipinski definition) is 6. The van der Waals surface area contributed by atoms with Gasteiger partial charge in [-0.25, -0.2) is 0 Å². The van der Waals surface area contributed by atoms with Gasteiger partial charge in [-0.05, 0) is 61.6 Å². The minimum Gasteiger partial charge on any atom is -0.390 e. The summed E-state index contributed by atoms with van der Waals surface area (Å²) < 4.78 is 0. The molecule has 0 radical (unpaired) electrons. The van der Waals surface area contributed by atoms with Crippen LogP contribution in [-0.2, 0) is 11.2 Å². The fourth-order valence-corrected chi connectivity index (χ4v) is 5.92. The number of aliphatic hydroxyl groups excluding tert-OH is 2. The molecule has 0 spiro atoms. The van der Waals surface area contributed by atoms with Gasteiger partial charge in [0.05, 0.1) is 12.1 Å². The van der Waals surface area contributed by atoms with Crippen molar-refractivity contribution in [3.8, 4) is 0 Å². The first kappa shape index (κ1) is 23.6. The molecule has 8 nitrogen and oxygen atoms in total. The summed E-state index contributed by atoms with van der Waals surface area (Å²) in [5, 5.41) is 20.7. The maximum Gasteiger partial charge on any atom is 0.255 e. The first-order chi connectivity index (χ1) is 16.8. The second-order valence-electron chi connectivity index (χ2n) is 9.99. The van der Waals surface area contributed by atoms with E-state index in [0.29, 0.717) is 31.2 Å². The summed E-state index contributed by atoms with van der Waals surface area (Å²) in [5.74, 6) is -0.891. The van der Waals surface area contributed by atoms with E-state index in [1.165, 1.54) is 16.2 Å². The molecule has 2 aromatic carbocycles. The van der Waals surface area contributed by atoms with Crippen molar-refractivity contribution in [3.05, 3.63) is 59.2 Å². The van der Waals surface area contributed by atoms with E-state index in [-0.39, 0.29) is 5.91 Å². The zero-order valence-corrected chi connectivity index (χ0v) is 20.1. The van der Waals surface area contributed by atoms with Crippen molar-refractivity contribution in [1.82, 2.24) is 4.90 Å². The monoisotopic (exact) mass is 478 g/mol. The number of amides is 2. The summed E-state index contributed by atoms with van der Waals surface area (Å²) in [6.07, 6.45) is 0.0206. The summed E-state index contributed by atoms with van der Waals surface area (Å²) in [7, 11) is 0. The van der Waals surface area contributed by atoms with Gasteiger partial charge >= 0.3 is 0 Å². The van der Waals surface area contributed by atoms with Crippen LogP contribution in [0.25, 0.3) is 0 Å². The molecule has 1 saturated heterocycles. The number of nitrogens with two attached hydrogens (primary N) is 1. The fraction of sp³-hybridized carbons (Fsp3) is 0.481. The number of nitrogens with zero attached hydrogens (tertiary/aromatic N) is 3. The molecule has 1 saturated carbocycles. The SMILES string of the molecule is Cc1ccccc1N1CCN(c2ccc3c(c2)CC(C(N)=O)N([C@H]2CCC[C@H](O)[C@@H]2O)C3=O)CC1. The average molecular weight is 479 g/mol. The average Bonchev–Trinajstić information content (AvgIpc) is 2.86. The van der Waals surface area contributed by atoms with Crippen molar-refractivity contribution in [2.24, 2.45) is 5.73 Å². The summed E-state index contributed by atoms with van der Waals surface area (Å²) in [4.78, 5) is 32.1. The van der Waals surface area contributed by atoms with Gasteiger partial charge in [0.1, 0.15) is 12.1 Å². The van der Waals surface area contributed by atoms with Crippen LogP contribution in [0.15, 0.2) is 42.5 Å². The Bertz CT molecular complexity index is 1110. The number of carbonyl (C=O) groups excluding carboxylic acids is 2. The molecule has 4 atom stereocenters. The highest BCUT2D eigenvalue weighted by Crippen LogP contribution is 2.34. The van der Waals surface area contributed by atoms with E-state index in [1.54, 1.807) is 0 Å². The number of anilines is 2. The molecule has 1 unspecified atom stereocenters. The van der Waals surface area contributed by atoms with Crippen LogP contribution in [0.3, 0.4) is 0 Å². The van der Waals surface area contributed by atoms with E-state index < -0.39 is 30.2 Å². The molecule has 2 amide bonds. The molecule has 2 aliphatic heterocycles. The van der Waals surface area contributed by atoms with Crippen LogP contribution >= 0.6 is 0 Å². The van der Waals surface area contributed by atoms with Crippen LogP contribution in [0.2, 0.25) is 0 Å². The number of carbonyl (C=O) groups is 2. The summed E-state index contributed by atoms with van der Waals surface area (Å²) in [5.41, 5.74) is 10.6. The predicted octanol–water partition coefficient (Wildman–Crippen LogP) is 1.45. The topological polar surface area (TPSA) is 110 Å². The molecule has 2 aromatic rings.